The Morgan fingerprint density at radius 1 is 0.947 bits per heavy atom. The maximum Gasteiger partial charge on any atom is 0.102 e. The molecule has 0 saturated carbocycles. The van der Waals surface area contributed by atoms with Gasteiger partial charge in [-0.25, -0.2) is 0 Å². The highest BCUT2D eigenvalue weighted by molar-refractivity contribution is 9.18. The van der Waals surface area contributed by atoms with Crippen LogP contribution in [0.25, 0.3) is 5.70 Å². The zero-order valence-electron chi connectivity index (χ0n) is 10.7. The SMILES string of the molecule is C/C(C(=N)Br)=C(/Nc1ccccc1)c1ccccc1. The first-order valence-electron chi connectivity index (χ1n) is 6.01. The molecule has 0 radical (unpaired) electrons. The largest absolute Gasteiger partial charge is 0.355 e. The van der Waals surface area contributed by atoms with Gasteiger partial charge in [-0.2, -0.15) is 0 Å². The summed E-state index contributed by atoms with van der Waals surface area (Å²) in [5.41, 5.74) is 3.88. The fourth-order valence-corrected chi connectivity index (χ4v) is 1.96. The minimum absolute atomic E-state index is 0.384. The minimum atomic E-state index is 0.384. The molecule has 2 aromatic carbocycles. The predicted molar refractivity (Wildman–Crippen MR) is 85.8 cm³/mol. The van der Waals surface area contributed by atoms with Crippen molar-refractivity contribution < 1.29 is 0 Å². The summed E-state index contributed by atoms with van der Waals surface area (Å²) in [5.74, 6) is 0. The van der Waals surface area contributed by atoms with Gasteiger partial charge in [0.1, 0.15) is 4.62 Å². The van der Waals surface area contributed by atoms with Gasteiger partial charge in [0.15, 0.2) is 0 Å². The van der Waals surface area contributed by atoms with Gasteiger partial charge in [-0.3, -0.25) is 5.41 Å². The molecular weight excluding hydrogens is 300 g/mol. The Bertz CT molecular complexity index is 589. The lowest BCUT2D eigenvalue weighted by molar-refractivity contribution is 1.45. The van der Waals surface area contributed by atoms with Crippen molar-refractivity contribution in [2.45, 2.75) is 6.92 Å². The molecule has 0 aliphatic carbocycles. The molecule has 96 valence electrons. The van der Waals surface area contributed by atoms with Crippen LogP contribution in [-0.4, -0.2) is 4.62 Å². The van der Waals surface area contributed by atoms with Gasteiger partial charge in [-0.1, -0.05) is 48.5 Å². The molecule has 3 heteroatoms. The molecule has 2 rings (SSSR count). The molecule has 0 spiro atoms. The maximum atomic E-state index is 7.76. The number of anilines is 1. The van der Waals surface area contributed by atoms with Crippen molar-refractivity contribution in [3.8, 4) is 0 Å². The molecule has 2 aromatic rings. The molecule has 0 amide bonds. The molecular formula is C16H15BrN2. The van der Waals surface area contributed by atoms with Crippen molar-refractivity contribution in [2.75, 3.05) is 5.32 Å². The van der Waals surface area contributed by atoms with E-state index in [0.29, 0.717) is 4.62 Å². The van der Waals surface area contributed by atoms with E-state index < -0.39 is 0 Å². The lowest BCUT2D eigenvalue weighted by atomic mass is 10.1. The van der Waals surface area contributed by atoms with Gasteiger partial charge in [0.25, 0.3) is 0 Å². The average Bonchev–Trinajstić information content (AvgIpc) is 2.46. The molecule has 19 heavy (non-hydrogen) atoms. The van der Waals surface area contributed by atoms with Crippen LogP contribution >= 0.6 is 15.9 Å². The molecule has 0 aromatic heterocycles. The van der Waals surface area contributed by atoms with Gasteiger partial charge in [0.2, 0.25) is 0 Å². The van der Waals surface area contributed by atoms with Crippen molar-refractivity contribution >= 4 is 31.9 Å². The van der Waals surface area contributed by atoms with Gasteiger partial charge in [0.05, 0.1) is 5.70 Å². The van der Waals surface area contributed by atoms with Crippen molar-refractivity contribution in [1.82, 2.24) is 0 Å². The van der Waals surface area contributed by atoms with Gasteiger partial charge < -0.3 is 5.32 Å². The van der Waals surface area contributed by atoms with Crippen LogP contribution in [0.5, 0.6) is 0 Å². The van der Waals surface area contributed by atoms with E-state index in [9.17, 15) is 0 Å². The topological polar surface area (TPSA) is 35.9 Å². The van der Waals surface area contributed by atoms with E-state index in [1.54, 1.807) is 0 Å². The predicted octanol–water partition coefficient (Wildman–Crippen LogP) is 4.90. The van der Waals surface area contributed by atoms with E-state index in [0.717, 1.165) is 22.5 Å². The summed E-state index contributed by atoms with van der Waals surface area (Å²) in [4.78, 5) is 0. The van der Waals surface area contributed by atoms with Gasteiger partial charge >= 0.3 is 0 Å². The second kappa shape index (κ2) is 6.34. The van der Waals surface area contributed by atoms with E-state index in [1.807, 2.05) is 67.6 Å². The first-order chi connectivity index (χ1) is 9.18. The Morgan fingerprint density at radius 2 is 1.47 bits per heavy atom. The van der Waals surface area contributed by atoms with Gasteiger partial charge in [0, 0.05) is 11.3 Å². The number of hydrogen-bond acceptors (Lipinski definition) is 2. The molecule has 0 aliphatic rings. The fourth-order valence-electron chi connectivity index (χ4n) is 1.76. The summed E-state index contributed by atoms with van der Waals surface area (Å²) >= 11 is 3.24. The second-order valence-corrected chi connectivity index (χ2v) is 4.96. The number of halogens is 1. The van der Waals surface area contributed by atoms with Crippen LogP contribution in [0.1, 0.15) is 12.5 Å². The van der Waals surface area contributed by atoms with Crippen LogP contribution < -0.4 is 5.32 Å². The fraction of sp³-hybridized carbons (Fsp3) is 0.0625. The molecule has 0 unspecified atom stereocenters. The molecule has 0 fully saturated rings. The van der Waals surface area contributed by atoms with E-state index in [-0.39, 0.29) is 0 Å². The molecule has 0 aliphatic heterocycles. The van der Waals surface area contributed by atoms with Gasteiger partial charge in [-0.15, -0.1) is 0 Å². The van der Waals surface area contributed by atoms with Crippen LogP contribution in [0.2, 0.25) is 0 Å². The van der Waals surface area contributed by atoms with Crippen LogP contribution in [0.3, 0.4) is 0 Å². The number of rotatable bonds is 4. The van der Waals surface area contributed by atoms with Gasteiger partial charge in [-0.05, 0) is 40.5 Å². The van der Waals surface area contributed by atoms with Crippen LogP contribution in [0, 0.1) is 5.41 Å². The average molecular weight is 315 g/mol. The summed E-state index contributed by atoms with van der Waals surface area (Å²) in [6.45, 7) is 1.93. The number of nitrogens with one attached hydrogen (secondary N) is 2. The number of para-hydroxylation sites is 1. The number of benzene rings is 2. The molecule has 2 nitrogen and oxygen atoms in total. The third kappa shape index (κ3) is 3.55. The monoisotopic (exact) mass is 314 g/mol. The summed E-state index contributed by atoms with van der Waals surface area (Å²) in [5, 5.41) is 11.1. The first kappa shape index (κ1) is 13.6. The Balaban J connectivity index is 2.42. The molecule has 0 bridgehead atoms. The zero-order valence-corrected chi connectivity index (χ0v) is 12.2. The third-order valence-electron chi connectivity index (χ3n) is 2.81. The highest BCUT2D eigenvalue weighted by Gasteiger charge is 2.08. The lowest BCUT2D eigenvalue weighted by Crippen LogP contribution is -2.04. The van der Waals surface area contributed by atoms with Crippen molar-refractivity contribution in [1.29, 1.82) is 5.41 Å². The lowest BCUT2D eigenvalue weighted by Gasteiger charge is -2.14. The highest BCUT2D eigenvalue weighted by Crippen LogP contribution is 2.23. The first-order valence-corrected chi connectivity index (χ1v) is 6.80. The molecule has 0 atom stereocenters. The quantitative estimate of drug-likeness (QED) is 0.773. The standard InChI is InChI=1S/C16H15BrN2/c1-12(16(17)18)15(13-8-4-2-5-9-13)19-14-10-6-3-7-11-14/h2-11,18-19H,1H3/b15-12-,18-16?. The second-order valence-electron chi connectivity index (χ2n) is 4.17. The van der Waals surface area contributed by atoms with Crippen molar-refractivity contribution in [2.24, 2.45) is 0 Å². The van der Waals surface area contributed by atoms with E-state index in [1.165, 1.54) is 0 Å². The van der Waals surface area contributed by atoms with E-state index in [4.69, 9.17) is 5.41 Å². The molecule has 0 saturated heterocycles. The van der Waals surface area contributed by atoms with E-state index in [2.05, 4.69) is 21.2 Å². The number of allylic oxidation sites excluding steroid dienone is 1. The summed E-state index contributed by atoms with van der Waals surface area (Å²) in [6.07, 6.45) is 0. The zero-order chi connectivity index (χ0) is 13.7. The van der Waals surface area contributed by atoms with E-state index >= 15 is 0 Å². The van der Waals surface area contributed by atoms with Crippen molar-refractivity contribution in [3.63, 3.8) is 0 Å². The molecule has 2 N–H and O–H groups in total. The molecule has 0 heterocycles. The summed E-state index contributed by atoms with van der Waals surface area (Å²) < 4.78 is 0.384. The Hall–Kier alpha value is -1.87. The minimum Gasteiger partial charge on any atom is -0.355 e. The Labute approximate surface area is 121 Å². The summed E-state index contributed by atoms with van der Waals surface area (Å²) in [7, 11) is 0. The van der Waals surface area contributed by atoms with Crippen molar-refractivity contribution in [3.05, 3.63) is 71.8 Å². The summed E-state index contributed by atoms with van der Waals surface area (Å²) in [6, 6.07) is 20.0. The van der Waals surface area contributed by atoms with Crippen LogP contribution in [0.4, 0.5) is 5.69 Å². The van der Waals surface area contributed by atoms with Crippen LogP contribution in [-0.2, 0) is 0 Å². The third-order valence-corrected chi connectivity index (χ3v) is 3.40. The van der Waals surface area contributed by atoms with Crippen LogP contribution in [0.15, 0.2) is 66.2 Å². The Kier molecular flexibility index (Phi) is 4.53. The highest BCUT2D eigenvalue weighted by atomic mass is 79.9. The maximum absolute atomic E-state index is 7.76. The normalized spacial score (nSPS) is 11.7. The Morgan fingerprint density at radius 3 is 2.00 bits per heavy atom. The smallest absolute Gasteiger partial charge is 0.102 e. The number of hydrogen-bond donors (Lipinski definition) is 2.